The van der Waals surface area contributed by atoms with Crippen LogP contribution in [0.25, 0.3) is 11.0 Å². The smallest absolute Gasteiger partial charge is 0.256 e. The Hall–Kier alpha value is -3.19. The molecule has 0 spiro atoms. The molecule has 0 radical (unpaired) electrons. The number of hydrogen-bond acceptors (Lipinski definition) is 5. The van der Waals surface area contributed by atoms with E-state index in [-0.39, 0.29) is 23.1 Å². The van der Waals surface area contributed by atoms with Gasteiger partial charge in [0.25, 0.3) is 5.91 Å². The average Bonchev–Trinajstić information content (AvgIpc) is 3.27. The van der Waals surface area contributed by atoms with Crippen molar-refractivity contribution in [2.45, 2.75) is 25.9 Å². The summed E-state index contributed by atoms with van der Waals surface area (Å²) in [6.45, 7) is 2.94. The zero-order valence-corrected chi connectivity index (χ0v) is 16.9. The number of carbonyl (C=O) groups is 1. The fraction of sp³-hybridized carbons (Fsp3) is 0.304. The van der Waals surface area contributed by atoms with Gasteiger partial charge < -0.3 is 19.2 Å². The van der Waals surface area contributed by atoms with Gasteiger partial charge in [-0.15, -0.1) is 0 Å². The number of para-hydroxylation sites is 1. The van der Waals surface area contributed by atoms with Gasteiger partial charge in [0.15, 0.2) is 11.3 Å². The van der Waals surface area contributed by atoms with Crippen molar-refractivity contribution in [1.29, 1.82) is 0 Å². The summed E-state index contributed by atoms with van der Waals surface area (Å²) >= 11 is 0. The molecule has 1 aromatic heterocycles. The van der Waals surface area contributed by atoms with Gasteiger partial charge in [0.2, 0.25) is 5.55 Å². The topological polar surface area (TPSA) is 73.1 Å². The molecule has 1 saturated heterocycles. The van der Waals surface area contributed by atoms with Gasteiger partial charge in [0.1, 0.15) is 11.4 Å². The Bertz CT molecular complexity index is 1150. The summed E-state index contributed by atoms with van der Waals surface area (Å²) in [5.74, 6) is -0.222. The predicted octanol–water partition coefficient (Wildman–Crippen LogP) is 4.03. The third-order valence-corrected chi connectivity index (χ3v) is 5.11. The van der Waals surface area contributed by atoms with E-state index in [0.717, 1.165) is 18.4 Å². The lowest BCUT2D eigenvalue weighted by Gasteiger charge is -2.12. The van der Waals surface area contributed by atoms with Gasteiger partial charge >= 0.3 is 0 Å². The van der Waals surface area contributed by atoms with Crippen molar-refractivity contribution in [2.75, 3.05) is 20.3 Å². The molecule has 1 fully saturated rings. The number of nitrogens with one attached hydrogen (secondary N) is 1. The minimum Gasteiger partial charge on any atom is -0.493 e. The molecule has 1 N–H and O–H groups in total. The molecule has 156 valence electrons. The quantitative estimate of drug-likeness (QED) is 0.689. The van der Waals surface area contributed by atoms with Crippen LogP contribution in [0.2, 0.25) is 0 Å². The summed E-state index contributed by atoms with van der Waals surface area (Å²) in [6.07, 6.45) is 1.92. The summed E-state index contributed by atoms with van der Waals surface area (Å²) in [7, 11) is 1.54. The first-order valence-electron chi connectivity index (χ1n) is 9.86. The molecular formula is C23H23FN2O4. The lowest BCUT2D eigenvalue weighted by atomic mass is 10.1. The number of methoxy groups -OCH3 is 1. The van der Waals surface area contributed by atoms with Gasteiger partial charge in [-0.2, -0.15) is 0 Å². The molecule has 2 aromatic carbocycles. The summed E-state index contributed by atoms with van der Waals surface area (Å²) in [6, 6.07) is 11.4. The van der Waals surface area contributed by atoms with Crippen LogP contribution in [0.1, 0.15) is 28.8 Å². The highest BCUT2D eigenvalue weighted by molar-refractivity contribution is 5.97. The molecule has 7 heteroatoms. The molecule has 0 aliphatic carbocycles. The number of halogens is 1. The van der Waals surface area contributed by atoms with Gasteiger partial charge in [0, 0.05) is 18.5 Å². The number of nitrogens with zero attached hydrogens (tertiary/aromatic N) is 1. The highest BCUT2D eigenvalue weighted by Crippen LogP contribution is 2.25. The summed E-state index contributed by atoms with van der Waals surface area (Å²) in [4.78, 5) is 17.4. The van der Waals surface area contributed by atoms with Crippen molar-refractivity contribution in [3.63, 3.8) is 0 Å². The Morgan fingerprint density at radius 2 is 2.17 bits per heavy atom. The Morgan fingerprint density at radius 3 is 2.93 bits per heavy atom. The van der Waals surface area contributed by atoms with Gasteiger partial charge in [-0.25, -0.2) is 9.38 Å². The van der Waals surface area contributed by atoms with E-state index < -0.39 is 5.82 Å². The lowest BCUT2D eigenvalue weighted by molar-refractivity contribution is 0.0854. The number of ether oxygens (including phenoxy) is 2. The van der Waals surface area contributed by atoms with Gasteiger partial charge in [-0.1, -0.05) is 18.2 Å². The molecule has 30 heavy (non-hydrogen) atoms. The zero-order valence-electron chi connectivity index (χ0n) is 16.9. The number of carbonyl (C=O) groups excluding carboxylic acids is 1. The SMILES string of the molecule is COc1cccc2cc(C(=O)NC[C@@H]3CCCO3)c(=Nc3cc(F)ccc3C)oc12. The van der Waals surface area contributed by atoms with E-state index in [2.05, 4.69) is 10.3 Å². The maximum Gasteiger partial charge on any atom is 0.256 e. The summed E-state index contributed by atoms with van der Waals surface area (Å²) in [5.41, 5.74) is 1.96. The van der Waals surface area contributed by atoms with E-state index in [0.29, 0.717) is 35.6 Å². The van der Waals surface area contributed by atoms with Crippen LogP contribution in [0.4, 0.5) is 10.1 Å². The number of rotatable bonds is 5. The fourth-order valence-corrected chi connectivity index (χ4v) is 3.45. The molecule has 1 aliphatic heterocycles. The second kappa shape index (κ2) is 8.67. The second-order valence-corrected chi connectivity index (χ2v) is 7.23. The van der Waals surface area contributed by atoms with Crippen molar-refractivity contribution < 1.29 is 23.1 Å². The van der Waals surface area contributed by atoms with Crippen LogP contribution in [0.5, 0.6) is 5.75 Å². The van der Waals surface area contributed by atoms with Crippen LogP contribution in [-0.4, -0.2) is 32.3 Å². The van der Waals surface area contributed by atoms with Gasteiger partial charge in [-0.3, -0.25) is 4.79 Å². The van der Waals surface area contributed by atoms with Crippen LogP contribution < -0.4 is 15.6 Å². The summed E-state index contributed by atoms with van der Waals surface area (Å²) < 4.78 is 30.7. The number of fused-ring (bicyclic) bond motifs is 1. The predicted molar refractivity (Wildman–Crippen MR) is 110 cm³/mol. The zero-order chi connectivity index (χ0) is 21.1. The van der Waals surface area contributed by atoms with E-state index in [1.54, 1.807) is 25.3 Å². The highest BCUT2D eigenvalue weighted by atomic mass is 19.1. The van der Waals surface area contributed by atoms with Crippen molar-refractivity contribution in [2.24, 2.45) is 4.99 Å². The number of aryl methyl sites for hydroxylation is 1. The maximum absolute atomic E-state index is 13.8. The van der Waals surface area contributed by atoms with E-state index in [1.165, 1.54) is 12.1 Å². The molecule has 1 aliphatic rings. The van der Waals surface area contributed by atoms with Crippen molar-refractivity contribution >= 4 is 22.6 Å². The molecule has 3 aromatic rings. The van der Waals surface area contributed by atoms with Crippen LogP contribution in [0.3, 0.4) is 0 Å². The lowest BCUT2D eigenvalue weighted by Crippen LogP contribution is -2.34. The largest absolute Gasteiger partial charge is 0.493 e. The van der Waals surface area contributed by atoms with Crippen LogP contribution in [0.15, 0.2) is 51.9 Å². The molecular weight excluding hydrogens is 387 g/mol. The molecule has 2 heterocycles. The van der Waals surface area contributed by atoms with Gasteiger partial charge in [-0.05, 0) is 49.6 Å². The molecule has 0 bridgehead atoms. The Balaban J connectivity index is 1.82. The van der Waals surface area contributed by atoms with E-state index >= 15 is 0 Å². The monoisotopic (exact) mass is 410 g/mol. The molecule has 0 unspecified atom stereocenters. The first kappa shape index (κ1) is 20.1. The summed E-state index contributed by atoms with van der Waals surface area (Å²) in [5, 5.41) is 3.60. The van der Waals surface area contributed by atoms with Crippen molar-refractivity contribution in [3.05, 3.63) is 65.0 Å². The third-order valence-electron chi connectivity index (χ3n) is 5.11. The van der Waals surface area contributed by atoms with E-state index in [4.69, 9.17) is 13.9 Å². The molecule has 0 saturated carbocycles. The maximum atomic E-state index is 13.8. The molecule has 1 amide bonds. The van der Waals surface area contributed by atoms with Crippen molar-refractivity contribution in [3.8, 4) is 5.75 Å². The van der Waals surface area contributed by atoms with Crippen LogP contribution in [-0.2, 0) is 4.74 Å². The average molecular weight is 410 g/mol. The number of benzene rings is 2. The highest BCUT2D eigenvalue weighted by Gasteiger charge is 2.19. The second-order valence-electron chi connectivity index (χ2n) is 7.23. The molecule has 6 nitrogen and oxygen atoms in total. The first-order valence-corrected chi connectivity index (χ1v) is 9.86. The van der Waals surface area contributed by atoms with Crippen molar-refractivity contribution in [1.82, 2.24) is 5.32 Å². The van der Waals surface area contributed by atoms with Crippen LogP contribution >= 0.6 is 0 Å². The number of amides is 1. The standard InChI is InChI=1S/C23H23FN2O4/c1-14-8-9-16(24)12-19(14)26-23-18(22(27)25-13-17-6-4-10-29-17)11-15-5-3-7-20(28-2)21(15)30-23/h3,5,7-9,11-12,17H,4,6,10,13H2,1-2H3,(H,25,27)/t17-/m0/s1. The van der Waals surface area contributed by atoms with Gasteiger partial charge in [0.05, 0.1) is 18.9 Å². The fourth-order valence-electron chi connectivity index (χ4n) is 3.45. The Kier molecular flexibility index (Phi) is 5.81. The first-order chi connectivity index (χ1) is 14.5. The molecule has 4 rings (SSSR count). The minimum absolute atomic E-state index is 0.0114. The number of hydrogen-bond donors (Lipinski definition) is 1. The molecule has 1 atom stereocenters. The van der Waals surface area contributed by atoms with E-state index in [1.807, 2.05) is 19.1 Å². The van der Waals surface area contributed by atoms with E-state index in [9.17, 15) is 9.18 Å². The van der Waals surface area contributed by atoms with Crippen LogP contribution in [0, 0.1) is 12.7 Å². The Morgan fingerprint density at radius 1 is 1.30 bits per heavy atom. The Labute approximate surface area is 173 Å². The third kappa shape index (κ3) is 4.21. The minimum atomic E-state index is -0.415. The normalized spacial score (nSPS) is 16.8.